The molecule has 0 unspecified atom stereocenters. The number of hydrogen-bond donors (Lipinski definition) is 3. The molecule has 6 nitrogen and oxygen atoms in total. The zero-order valence-corrected chi connectivity index (χ0v) is 16.2. The average Bonchev–Trinajstić information content (AvgIpc) is 3.08. The quantitative estimate of drug-likeness (QED) is 0.437. The molecular formula is C21H19N3O3S. The van der Waals surface area contributed by atoms with Crippen LogP contribution in [0.5, 0.6) is 17.2 Å². The van der Waals surface area contributed by atoms with Crippen LogP contribution in [0.3, 0.4) is 0 Å². The Balaban J connectivity index is 2.02. The average molecular weight is 393 g/mol. The van der Waals surface area contributed by atoms with Crippen molar-refractivity contribution in [2.24, 2.45) is 0 Å². The van der Waals surface area contributed by atoms with E-state index in [0.29, 0.717) is 28.1 Å². The van der Waals surface area contributed by atoms with E-state index in [0.717, 1.165) is 22.2 Å². The van der Waals surface area contributed by atoms with E-state index in [9.17, 15) is 10.2 Å². The SMILES string of the molecule is CCc1cc(-c2n[nH]c(=S)n2-c2cccc3c(OC)cccc23)c(O)cc1O. The summed E-state index contributed by atoms with van der Waals surface area (Å²) in [4.78, 5) is 0. The first-order valence-corrected chi connectivity index (χ1v) is 9.24. The molecule has 0 bridgehead atoms. The molecule has 4 aromatic rings. The van der Waals surface area contributed by atoms with Gasteiger partial charge in [0.2, 0.25) is 0 Å². The van der Waals surface area contributed by atoms with Gasteiger partial charge in [-0.2, -0.15) is 5.10 Å². The zero-order chi connectivity index (χ0) is 19.8. The highest BCUT2D eigenvalue weighted by Gasteiger charge is 2.18. The van der Waals surface area contributed by atoms with Gasteiger partial charge in [-0.1, -0.05) is 31.2 Å². The van der Waals surface area contributed by atoms with Gasteiger partial charge in [-0.25, -0.2) is 0 Å². The van der Waals surface area contributed by atoms with Gasteiger partial charge in [0.15, 0.2) is 10.6 Å². The molecular weight excluding hydrogens is 374 g/mol. The van der Waals surface area contributed by atoms with Crippen LogP contribution < -0.4 is 4.74 Å². The number of nitrogens with zero attached hydrogens (tertiary/aromatic N) is 2. The summed E-state index contributed by atoms with van der Waals surface area (Å²) >= 11 is 5.49. The number of fused-ring (bicyclic) bond motifs is 1. The Morgan fingerprint density at radius 3 is 2.57 bits per heavy atom. The number of methoxy groups -OCH3 is 1. The van der Waals surface area contributed by atoms with Crippen LogP contribution in [0.1, 0.15) is 12.5 Å². The minimum absolute atomic E-state index is 0.0549. The van der Waals surface area contributed by atoms with Crippen molar-refractivity contribution in [3.05, 3.63) is 58.9 Å². The van der Waals surface area contributed by atoms with Crippen molar-refractivity contribution >= 4 is 23.0 Å². The molecule has 0 saturated carbocycles. The standard InChI is InChI=1S/C21H19N3O3S/c1-3-12-10-15(18(26)11-17(12)25)20-22-23-21(28)24(20)16-8-4-7-14-13(16)6-5-9-19(14)27-2/h4-11,25-26H,3H2,1-2H3,(H,23,28). The lowest BCUT2D eigenvalue weighted by molar-refractivity contribution is 0.420. The number of nitrogens with one attached hydrogen (secondary N) is 1. The molecule has 0 fully saturated rings. The summed E-state index contributed by atoms with van der Waals surface area (Å²) in [7, 11) is 1.64. The second-order valence-corrected chi connectivity index (χ2v) is 6.76. The van der Waals surface area contributed by atoms with Crippen LogP contribution in [0.2, 0.25) is 0 Å². The van der Waals surface area contributed by atoms with Gasteiger partial charge in [0.1, 0.15) is 17.2 Å². The van der Waals surface area contributed by atoms with E-state index < -0.39 is 0 Å². The Kier molecular flexibility index (Phi) is 4.52. The minimum Gasteiger partial charge on any atom is -0.508 e. The summed E-state index contributed by atoms with van der Waals surface area (Å²) in [6, 6.07) is 14.7. The number of aryl methyl sites for hydroxylation is 1. The topological polar surface area (TPSA) is 83.3 Å². The van der Waals surface area contributed by atoms with Crippen LogP contribution in [-0.2, 0) is 6.42 Å². The number of ether oxygens (including phenoxy) is 1. The van der Waals surface area contributed by atoms with E-state index in [4.69, 9.17) is 17.0 Å². The fourth-order valence-corrected chi connectivity index (χ4v) is 3.65. The van der Waals surface area contributed by atoms with Gasteiger partial charge in [-0.05, 0) is 42.4 Å². The number of aromatic amines is 1. The summed E-state index contributed by atoms with van der Waals surface area (Å²) in [5.41, 5.74) is 2.02. The van der Waals surface area contributed by atoms with Gasteiger partial charge < -0.3 is 14.9 Å². The van der Waals surface area contributed by atoms with Crippen molar-refractivity contribution in [2.75, 3.05) is 7.11 Å². The predicted octanol–water partition coefficient (Wildman–Crippen LogP) is 4.73. The Morgan fingerprint density at radius 2 is 1.82 bits per heavy atom. The number of hydrogen-bond acceptors (Lipinski definition) is 5. The Labute approximate surface area is 166 Å². The summed E-state index contributed by atoms with van der Waals surface area (Å²) < 4.78 is 7.66. The molecule has 0 amide bonds. The Morgan fingerprint density at radius 1 is 1.07 bits per heavy atom. The lowest BCUT2D eigenvalue weighted by atomic mass is 10.0. The van der Waals surface area contributed by atoms with Gasteiger partial charge in [0, 0.05) is 16.8 Å². The molecule has 1 heterocycles. The molecule has 0 radical (unpaired) electrons. The maximum absolute atomic E-state index is 10.5. The Bertz CT molecular complexity index is 1240. The first-order valence-electron chi connectivity index (χ1n) is 8.84. The van der Waals surface area contributed by atoms with Crippen molar-refractivity contribution in [1.29, 1.82) is 0 Å². The monoisotopic (exact) mass is 393 g/mol. The number of aromatic nitrogens is 3. The van der Waals surface area contributed by atoms with E-state index >= 15 is 0 Å². The molecule has 4 rings (SSSR count). The van der Waals surface area contributed by atoms with Crippen molar-refractivity contribution in [3.63, 3.8) is 0 Å². The summed E-state index contributed by atoms with van der Waals surface area (Å²) in [6.45, 7) is 1.93. The molecule has 0 aliphatic carbocycles. The lowest BCUT2D eigenvalue weighted by Crippen LogP contribution is -2.00. The first kappa shape index (κ1) is 18.1. The van der Waals surface area contributed by atoms with Crippen molar-refractivity contribution in [3.8, 4) is 34.3 Å². The molecule has 0 atom stereocenters. The van der Waals surface area contributed by atoms with Crippen molar-refractivity contribution in [1.82, 2.24) is 14.8 Å². The number of H-pyrrole nitrogens is 1. The lowest BCUT2D eigenvalue weighted by Gasteiger charge is -2.14. The fraction of sp³-hybridized carbons (Fsp3) is 0.143. The number of benzene rings is 3. The molecule has 3 N–H and O–H groups in total. The van der Waals surface area contributed by atoms with E-state index in [1.165, 1.54) is 6.07 Å². The third kappa shape index (κ3) is 2.80. The maximum Gasteiger partial charge on any atom is 0.200 e. The summed E-state index contributed by atoms with van der Waals surface area (Å²) in [5.74, 6) is 1.21. The van der Waals surface area contributed by atoms with E-state index in [2.05, 4.69) is 10.2 Å². The van der Waals surface area contributed by atoms with Crippen LogP contribution in [0.15, 0.2) is 48.5 Å². The molecule has 7 heteroatoms. The number of rotatable bonds is 4. The van der Waals surface area contributed by atoms with Crippen LogP contribution in [-0.4, -0.2) is 32.1 Å². The van der Waals surface area contributed by atoms with E-state index in [1.54, 1.807) is 17.7 Å². The van der Waals surface area contributed by atoms with Crippen LogP contribution >= 0.6 is 12.2 Å². The molecule has 0 aliphatic rings. The summed E-state index contributed by atoms with van der Waals surface area (Å²) in [6.07, 6.45) is 0.621. The van der Waals surface area contributed by atoms with Gasteiger partial charge >= 0.3 is 0 Å². The highest BCUT2D eigenvalue weighted by molar-refractivity contribution is 7.71. The third-order valence-electron chi connectivity index (χ3n) is 4.81. The van der Waals surface area contributed by atoms with Crippen LogP contribution in [0.4, 0.5) is 0 Å². The molecule has 0 saturated heterocycles. The van der Waals surface area contributed by atoms with Gasteiger partial charge in [0.25, 0.3) is 0 Å². The molecule has 28 heavy (non-hydrogen) atoms. The zero-order valence-electron chi connectivity index (χ0n) is 15.4. The van der Waals surface area contributed by atoms with E-state index in [1.807, 2.05) is 43.3 Å². The second kappa shape index (κ2) is 7.01. The number of aromatic hydroxyl groups is 2. The van der Waals surface area contributed by atoms with Crippen LogP contribution in [0.25, 0.3) is 27.8 Å². The fourth-order valence-electron chi connectivity index (χ4n) is 3.42. The first-order chi connectivity index (χ1) is 13.5. The van der Waals surface area contributed by atoms with Crippen LogP contribution in [0, 0.1) is 4.77 Å². The van der Waals surface area contributed by atoms with Gasteiger partial charge in [-0.15, -0.1) is 0 Å². The second-order valence-electron chi connectivity index (χ2n) is 6.37. The number of phenolic OH excluding ortho intramolecular Hbond substituents is 2. The normalized spacial score (nSPS) is 11.1. The summed E-state index contributed by atoms with van der Waals surface area (Å²) in [5, 5.41) is 29.5. The molecule has 3 aromatic carbocycles. The Hall–Kier alpha value is -3.32. The maximum atomic E-state index is 10.5. The minimum atomic E-state index is -0.0669. The predicted molar refractivity (Wildman–Crippen MR) is 111 cm³/mol. The largest absolute Gasteiger partial charge is 0.508 e. The van der Waals surface area contributed by atoms with E-state index in [-0.39, 0.29) is 11.5 Å². The third-order valence-corrected chi connectivity index (χ3v) is 5.08. The van der Waals surface area contributed by atoms with Gasteiger partial charge in [0.05, 0.1) is 18.4 Å². The van der Waals surface area contributed by atoms with Crippen molar-refractivity contribution in [2.45, 2.75) is 13.3 Å². The molecule has 0 spiro atoms. The van der Waals surface area contributed by atoms with Gasteiger partial charge in [-0.3, -0.25) is 9.67 Å². The highest BCUT2D eigenvalue weighted by Crippen LogP contribution is 2.37. The molecule has 142 valence electrons. The highest BCUT2D eigenvalue weighted by atomic mass is 32.1. The smallest absolute Gasteiger partial charge is 0.200 e. The molecule has 0 aliphatic heterocycles. The van der Waals surface area contributed by atoms with Crippen molar-refractivity contribution < 1.29 is 14.9 Å². The number of phenols is 2. The molecule has 1 aromatic heterocycles.